The Morgan fingerprint density at radius 1 is 1.15 bits per heavy atom. The highest BCUT2D eigenvalue weighted by Crippen LogP contribution is 2.41. The molecule has 3 heterocycles. The number of hydrogen-bond acceptors (Lipinski definition) is 6. The first kappa shape index (κ1) is 16.2. The summed E-state index contributed by atoms with van der Waals surface area (Å²) in [6.07, 6.45) is 4.98. The normalized spacial score (nSPS) is 20.0. The van der Waals surface area contributed by atoms with Gasteiger partial charge in [0.25, 0.3) is 5.91 Å². The molecule has 1 amide bonds. The number of benzene rings is 1. The molecule has 138 valence electrons. The van der Waals surface area contributed by atoms with Crippen molar-refractivity contribution < 1.29 is 13.9 Å². The SMILES string of the molecule is O=C(c1ocnc1C1CC1)N1CCOCC1c1ncnn1-c1ccccc1. The van der Waals surface area contributed by atoms with Crippen LogP contribution in [0.15, 0.2) is 47.5 Å². The van der Waals surface area contributed by atoms with Crippen molar-refractivity contribution in [2.75, 3.05) is 19.8 Å². The summed E-state index contributed by atoms with van der Waals surface area (Å²) in [6.45, 7) is 1.31. The van der Waals surface area contributed by atoms with Crippen molar-refractivity contribution in [2.45, 2.75) is 24.8 Å². The Bertz CT molecular complexity index is 947. The molecule has 8 heteroatoms. The zero-order chi connectivity index (χ0) is 18.2. The van der Waals surface area contributed by atoms with Crippen molar-refractivity contribution in [2.24, 2.45) is 0 Å². The Labute approximate surface area is 155 Å². The second-order valence-electron chi connectivity index (χ2n) is 6.80. The van der Waals surface area contributed by atoms with E-state index in [4.69, 9.17) is 9.15 Å². The Morgan fingerprint density at radius 3 is 2.81 bits per heavy atom. The van der Waals surface area contributed by atoms with Gasteiger partial charge in [-0.3, -0.25) is 4.79 Å². The minimum atomic E-state index is -0.342. The lowest BCUT2D eigenvalue weighted by Gasteiger charge is -2.34. The maximum absolute atomic E-state index is 13.2. The first-order valence-corrected chi connectivity index (χ1v) is 9.10. The fourth-order valence-electron chi connectivity index (χ4n) is 3.50. The van der Waals surface area contributed by atoms with E-state index in [1.807, 2.05) is 30.3 Å². The minimum absolute atomic E-state index is 0.162. The van der Waals surface area contributed by atoms with Crippen LogP contribution in [0.5, 0.6) is 0 Å². The predicted octanol–water partition coefficient (Wildman–Crippen LogP) is 2.35. The fourth-order valence-corrected chi connectivity index (χ4v) is 3.50. The van der Waals surface area contributed by atoms with Crippen molar-refractivity contribution in [3.8, 4) is 5.69 Å². The fraction of sp³-hybridized carbons (Fsp3) is 0.368. The van der Waals surface area contributed by atoms with Crippen molar-refractivity contribution in [3.05, 3.63) is 60.3 Å². The highest BCUT2D eigenvalue weighted by molar-refractivity contribution is 5.93. The molecular formula is C19H19N5O3. The summed E-state index contributed by atoms with van der Waals surface area (Å²) in [5.74, 6) is 1.19. The van der Waals surface area contributed by atoms with Crippen LogP contribution < -0.4 is 0 Å². The minimum Gasteiger partial charge on any atom is -0.438 e. The summed E-state index contributed by atoms with van der Waals surface area (Å²) in [5.41, 5.74) is 1.66. The molecule has 2 aromatic heterocycles. The number of oxazole rings is 1. The topological polar surface area (TPSA) is 86.3 Å². The van der Waals surface area contributed by atoms with E-state index in [1.54, 1.807) is 9.58 Å². The van der Waals surface area contributed by atoms with E-state index in [0.717, 1.165) is 24.2 Å². The first-order valence-electron chi connectivity index (χ1n) is 9.10. The molecule has 1 aliphatic heterocycles. The summed E-state index contributed by atoms with van der Waals surface area (Å²) in [5, 5.41) is 4.35. The van der Waals surface area contributed by atoms with E-state index in [9.17, 15) is 4.79 Å². The van der Waals surface area contributed by atoms with Gasteiger partial charge in [-0.25, -0.2) is 14.6 Å². The quantitative estimate of drug-likeness (QED) is 0.705. The average molecular weight is 365 g/mol. The molecule has 27 heavy (non-hydrogen) atoms. The summed E-state index contributed by atoms with van der Waals surface area (Å²) in [4.78, 5) is 23.7. The third-order valence-electron chi connectivity index (χ3n) is 5.02. The van der Waals surface area contributed by atoms with E-state index in [1.165, 1.54) is 12.7 Å². The van der Waals surface area contributed by atoms with Crippen LogP contribution in [-0.4, -0.2) is 50.3 Å². The van der Waals surface area contributed by atoms with Crippen molar-refractivity contribution in [3.63, 3.8) is 0 Å². The Kier molecular flexibility index (Phi) is 3.97. The van der Waals surface area contributed by atoms with Gasteiger partial charge >= 0.3 is 0 Å². The summed E-state index contributed by atoms with van der Waals surface area (Å²) in [7, 11) is 0. The van der Waals surface area contributed by atoms with Gasteiger partial charge in [-0.2, -0.15) is 5.10 Å². The van der Waals surface area contributed by atoms with Gasteiger partial charge in [0.15, 0.2) is 12.2 Å². The van der Waals surface area contributed by atoms with Crippen LogP contribution in [0.1, 0.15) is 46.9 Å². The van der Waals surface area contributed by atoms with E-state index in [-0.39, 0.29) is 11.9 Å². The molecule has 2 aliphatic rings. The lowest BCUT2D eigenvalue weighted by molar-refractivity contribution is -0.00739. The predicted molar refractivity (Wildman–Crippen MR) is 94.4 cm³/mol. The number of rotatable bonds is 4. The number of carbonyl (C=O) groups is 1. The molecule has 1 saturated heterocycles. The maximum atomic E-state index is 13.2. The molecule has 0 N–H and O–H groups in total. The number of hydrogen-bond donors (Lipinski definition) is 0. The molecule has 0 radical (unpaired) electrons. The van der Waals surface area contributed by atoms with Crippen LogP contribution in [0.2, 0.25) is 0 Å². The smallest absolute Gasteiger partial charge is 0.292 e. The zero-order valence-electron chi connectivity index (χ0n) is 14.7. The van der Waals surface area contributed by atoms with Crippen LogP contribution in [0.25, 0.3) is 5.69 Å². The highest BCUT2D eigenvalue weighted by Gasteiger charge is 2.38. The average Bonchev–Trinajstić information content (AvgIpc) is 3.25. The van der Waals surface area contributed by atoms with Gasteiger partial charge in [0, 0.05) is 12.5 Å². The first-order chi connectivity index (χ1) is 13.3. The van der Waals surface area contributed by atoms with Gasteiger partial charge < -0.3 is 14.1 Å². The second-order valence-corrected chi connectivity index (χ2v) is 6.80. The van der Waals surface area contributed by atoms with Crippen LogP contribution >= 0.6 is 0 Å². The van der Waals surface area contributed by atoms with Crippen LogP contribution in [0.3, 0.4) is 0 Å². The summed E-state index contributed by atoms with van der Waals surface area (Å²) in [6, 6.07) is 9.40. The van der Waals surface area contributed by atoms with Crippen molar-refractivity contribution in [1.29, 1.82) is 0 Å². The van der Waals surface area contributed by atoms with Gasteiger partial charge in [0.1, 0.15) is 12.4 Å². The number of nitrogens with zero attached hydrogens (tertiary/aromatic N) is 5. The largest absolute Gasteiger partial charge is 0.438 e. The molecule has 0 spiro atoms. The third kappa shape index (κ3) is 2.91. The molecule has 8 nitrogen and oxygen atoms in total. The molecule has 1 unspecified atom stereocenters. The number of para-hydroxylation sites is 1. The lowest BCUT2D eigenvalue weighted by atomic mass is 10.1. The van der Waals surface area contributed by atoms with Crippen LogP contribution in [0, 0.1) is 0 Å². The Hall–Kier alpha value is -3.00. The third-order valence-corrected chi connectivity index (χ3v) is 5.02. The zero-order valence-corrected chi connectivity index (χ0v) is 14.7. The van der Waals surface area contributed by atoms with E-state index >= 15 is 0 Å². The van der Waals surface area contributed by atoms with E-state index in [2.05, 4.69) is 15.1 Å². The van der Waals surface area contributed by atoms with E-state index < -0.39 is 0 Å². The molecule has 1 saturated carbocycles. The van der Waals surface area contributed by atoms with Crippen LogP contribution in [0.4, 0.5) is 0 Å². The van der Waals surface area contributed by atoms with Crippen molar-refractivity contribution in [1.82, 2.24) is 24.6 Å². The van der Waals surface area contributed by atoms with E-state index in [0.29, 0.717) is 37.3 Å². The van der Waals surface area contributed by atoms with Gasteiger partial charge in [-0.15, -0.1) is 0 Å². The standard InChI is InChI=1S/C19H19N5O3/c25-19(17-16(13-6-7-13)21-12-27-17)23-8-9-26-10-15(23)18-20-11-22-24(18)14-4-2-1-3-5-14/h1-5,11-13,15H,6-10H2. The number of aromatic nitrogens is 4. The van der Waals surface area contributed by atoms with Gasteiger partial charge in [0.05, 0.1) is 24.6 Å². The summed E-state index contributed by atoms with van der Waals surface area (Å²) < 4.78 is 12.9. The molecule has 0 bridgehead atoms. The number of carbonyl (C=O) groups excluding carboxylic acids is 1. The van der Waals surface area contributed by atoms with Crippen molar-refractivity contribution >= 4 is 5.91 Å². The molecule has 3 aromatic rings. The van der Waals surface area contributed by atoms with Crippen LogP contribution in [-0.2, 0) is 4.74 Å². The molecule has 5 rings (SSSR count). The van der Waals surface area contributed by atoms with Gasteiger partial charge in [-0.05, 0) is 25.0 Å². The summed E-state index contributed by atoms with van der Waals surface area (Å²) >= 11 is 0. The maximum Gasteiger partial charge on any atom is 0.292 e. The highest BCUT2D eigenvalue weighted by atomic mass is 16.5. The lowest BCUT2D eigenvalue weighted by Crippen LogP contribution is -2.44. The molecule has 1 aliphatic carbocycles. The number of amides is 1. The molecule has 1 aromatic carbocycles. The Balaban J connectivity index is 1.49. The molecule has 1 atom stereocenters. The van der Waals surface area contributed by atoms with Gasteiger partial charge in [0.2, 0.25) is 5.76 Å². The number of ether oxygens (including phenoxy) is 1. The second kappa shape index (κ2) is 6.62. The number of morpholine rings is 1. The van der Waals surface area contributed by atoms with Gasteiger partial charge in [-0.1, -0.05) is 18.2 Å². The molecular weight excluding hydrogens is 346 g/mol. The Morgan fingerprint density at radius 2 is 2.00 bits per heavy atom. The molecule has 2 fully saturated rings. The monoisotopic (exact) mass is 365 g/mol.